The van der Waals surface area contributed by atoms with Crippen molar-refractivity contribution in [3.63, 3.8) is 0 Å². The Hall–Kier alpha value is -1.13. The van der Waals surface area contributed by atoms with Crippen LogP contribution < -0.4 is 10.5 Å². The van der Waals surface area contributed by atoms with E-state index in [9.17, 15) is 0 Å². The number of aryl methyl sites for hydroxylation is 1. The smallest absolute Gasteiger partial charge is 0.120 e. The van der Waals surface area contributed by atoms with E-state index in [4.69, 9.17) is 10.5 Å². The van der Waals surface area contributed by atoms with Crippen LogP contribution >= 0.6 is 11.3 Å². The van der Waals surface area contributed by atoms with Gasteiger partial charge in [0.1, 0.15) is 12.4 Å². The van der Waals surface area contributed by atoms with E-state index in [-0.39, 0.29) is 6.04 Å². The first-order valence-electron chi connectivity index (χ1n) is 6.50. The van der Waals surface area contributed by atoms with Crippen molar-refractivity contribution in [2.24, 2.45) is 5.73 Å². The maximum Gasteiger partial charge on any atom is 0.120 e. The van der Waals surface area contributed by atoms with Crippen molar-refractivity contribution in [1.29, 1.82) is 0 Å². The molecule has 1 atom stereocenters. The molecule has 2 N–H and O–H groups in total. The number of nitrogens with zero attached hydrogens (tertiary/aromatic N) is 1. The molecule has 2 aromatic rings. The highest BCUT2D eigenvalue weighted by Gasteiger charge is 2.06. The van der Waals surface area contributed by atoms with Crippen molar-refractivity contribution in [2.45, 2.75) is 39.2 Å². The van der Waals surface area contributed by atoms with Crippen LogP contribution in [0.25, 0.3) is 10.2 Å². The molecule has 18 heavy (non-hydrogen) atoms. The minimum atomic E-state index is 0.109. The number of fused-ring (bicyclic) bond motifs is 1. The molecule has 1 unspecified atom stereocenters. The Kier molecular flexibility index (Phi) is 4.55. The van der Waals surface area contributed by atoms with Crippen molar-refractivity contribution >= 4 is 21.6 Å². The molecular formula is C14H20N2OS. The zero-order valence-corrected chi connectivity index (χ0v) is 11.8. The summed E-state index contributed by atoms with van der Waals surface area (Å²) in [6.45, 7) is 4.81. The number of rotatable bonds is 6. The molecule has 98 valence electrons. The summed E-state index contributed by atoms with van der Waals surface area (Å²) < 4.78 is 6.89. The Morgan fingerprint density at radius 1 is 1.39 bits per heavy atom. The van der Waals surface area contributed by atoms with Gasteiger partial charge in [0.25, 0.3) is 0 Å². The minimum absolute atomic E-state index is 0.109. The van der Waals surface area contributed by atoms with E-state index in [0.717, 1.165) is 30.5 Å². The van der Waals surface area contributed by atoms with Crippen molar-refractivity contribution in [2.75, 3.05) is 6.61 Å². The molecule has 0 aliphatic heterocycles. The number of nitrogens with two attached hydrogens (primary N) is 1. The average Bonchev–Trinajstić information content (AvgIpc) is 2.77. The van der Waals surface area contributed by atoms with Crippen LogP contribution in [-0.4, -0.2) is 17.6 Å². The van der Waals surface area contributed by atoms with E-state index in [1.54, 1.807) is 11.3 Å². The predicted molar refractivity (Wildman–Crippen MR) is 77.4 cm³/mol. The molecule has 0 saturated carbocycles. The maximum atomic E-state index is 5.84. The van der Waals surface area contributed by atoms with Crippen LogP contribution in [0.4, 0.5) is 0 Å². The Morgan fingerprint density at radius 3 is 2.94 bits per heavy atom. The summed E-state index contributed by atoms with van der Waals surface area (Å²) in [7, 11) is 0. The predicted octanol–water partition coefficient (Wildman–Crippen LogP) is 3.36. The fourth-order valence-electron chi connectivity index (χ4n) is 1.68. The lowest BCUT2D eigenvalue weighted by Crippen LogP contribution is -2.26. The van der Waals surface area contributed by atoms with Gasteiger partial charge >= 0.3 is 0 Å². The Balaban J connectivity index is 2.11. The van der Waals surface area contributed by atoms with Gasteiger partial charge in [-0.1, -0.05) is 13.8 Å². The van der Waals surface area contributed by atoms with E-state index < -0.39 is 0 Å². The highest BCUT2D eigenvalue weighted by atomic mass is 32.1. The number of benzene rings is 1. The topological polar surface area (TPSA) is 48.1 Å². The molecule has 3 nitrogen and oxygen atoms in total. The van der Waals surface area contributed by atoms with Gasteiger partial charge in [0.15, 0.2) is 0 Å². The van der Waals surface area contributed by atoms with E-state index in [1.807, 2.05) is 12.1 Å². The number of hydrogen-bond donors (Lipinski definition) is 1. The summed E-state index contributed by atoms with van der Waals surface area (Å²) in [5.74, 6) is 0.887. The normalized spacial score (nSPS) is 12.8. The molecule has 0 aliphatic carbocycles. The van der Waals surface area contributed by atoms with Gasteiger partial charge in [-0.25, -0.2) is 4.98 Å². The van der Waals surface area contributed by atoms with Gasteiger partial charge < -0.3 is 10.5 Å². The summed E-state index contributed by atoms with van der Waals surface area (Å²) in [6.07, 6.45) is 3.12. The molecule has 1 aromatic carbocycles. The largest absolute Gasteiger partial charge is 0.492 e. The molecule has 1 aromatic heterocycles. The van der Waals surface area contributed by atoms with Crippen molar-refractivity contribution in [3.8, 4) is 5.75 Å². The van der Waals surface area contributed by atoms with E-state index in [0.29, 0.717) is 6.61 Å². The lowest BCUT2D eigenvalue weighted by atomic mass is 10.2. The molecule has 0 amide bonds. The average molecular weight is 264 g/mol. The van der Waals surface area contributed by atoms with Crippen molar-refractivity contribution in [1.82, 2.24) is 4.98 Å². The molecule has 0 bridgehead atoms. The highest BCUT2D eigenvalue weighted by molar-refractivity contribution is 7.18. The van der Waals surface area contributed by atoms with Crippen LogP contribution in [0.15, 0.2) is 18.2 Å². The molecule has 1 heterocycles. The zero-order chi connectivity index (χ0) is 13.0. The summed E-state index contributed by atoms with van der Waals surface area (Å²) in [5, 5.41) is 1.20. The second-order valence-corrected chi connectivity index (χ2v) is 5.58. The molecule has 4 heteroatoms. The Bertz CT molecular complexity index is 509. The fraction of sp³-hybridized carbons (Fsp3) is 0.500. The highest BCUT2D eigenvalue weighted by Crippen LogP contribution is 2.27. The SMILES string of the molecule is CCCc1nc2ccc(OCC(N)CC)cc2s1. The van der Waals surface area contributed by atoms with Gasteiger partial charge in [-0.05, 0) is 37.5 Å². The third kappa shape index (κ3) is 3.21. The zero-order valence-electron chi connectivity index (χ0n) is 11.0. The van der Waals surface area contributed by atoms with Gasteiger partial charge in [0, 0.05) is 6.04 Å². The van der Waals surface area contributed by atoms with Gasteiger partial charge in [0.2, 0.25) is 0 Å². The van der Waals surface area contributed by atoms with Crippen molar-refractivity contribution in [3.05, 3.63) is 23.2 Å². The number of aromatic nitrogens is 1. The lowest BCUT2D eigenvalue weighted by Gasteiger charge is -2.10. The lowest BCUT2D eigenvalue weighted by molar-refractivity contribution is 0.286. The second-order valence-electron chi connectivity index (χ2n) is 4.47. The molecule has 0 spiro atoms. The second kappa shape index (κ2) is 6.16. The first-order valence-corrected chi connectivity index (χ1v) is 7.32. The van der Waals surface area contributed by atoms with Gasteiger partial charge in [0.05, 0.1) is 15.2 Å². The van der Waals surface area contributed by atoms with Gasteiger partial charge in [-0.2, -0.15) is 0 Å². The van der Waals surface area contributed by atoms with Crippen LogP contribution in [0.5, 0.6) is 5.75 Å². The third-order valence-electron chi connectivity index (χ3n) is 2.86. The summed E-state index contributed by atoms with van der Waals surface area (Å²) in [6, 6.07) is 6.17. The third-order valence-corrected chi connectivity index (χ3v) is 3.93. The standard InChI is InChI=1S/C14H20N2OS/c1-3-5-14-16-12-7-6-11(8-13(12)18-14)17-9-10(15)4-2/h6-8,10H,3-5,9,15H2,1-2H3. The van der Waals surface area contributed by atoms with Crippen LogP contribution in [0.2, 0.25) is 0 Å². The van der Waals surface area contributed by atoms with E-state index in [2.05, 4.69) is 24.9 Å². The Morgan fingerprint density at radius 2 is 2.22 bits per heavy atom. The number of hydrogen-bond acceptors (Lipinski definition) is 4. The Labute approximate surface area is 112 Å². The van der Waals surface area contributed by atoms with Gasteiger partial charge in [-0.3, -0.25) is 0 Å². The van der Waals surface area contributed by atoms with Crippen LogP contribution in [-0.2, 0) is 6.42 Å². The number of thiazole rings is 1. The molecule has 2 rings (SSSR count). The summed E-state index contributed by atoms with van der Waals surface area (Å²) >= 11 is 1.75. The summed E-state index contributed by atoms with van der Waals surface area (Å²) in [5.41, 5.74) is 6.91. The summed E-state index contributed by atoms with van der Waals surface area (Å²) in [4.78, 5) is 4.59. The first kappa shape index (κ1) is 13.3. The minimum Gasteiger partial charge on any atom is -0.492 e. The van der Waals surface area contributed by atoms with E-state index >= 15 is 0 Å². The molecule has 0 radical (unpaired) electrons. The first-order chi connectivity index (χ1) is 8.72. The molecule has 0 fully saturated rings. The van der Waals surface area contributed by atoms with Crippen LogP contribution in [0.1, 0.15) is 31.7 Å². The van der Waals surface area contributed by atoms with Gasteiger partial charge in [-0.15, -0.1) is 11.3 Å². The quantitative estimate of drug-likeness (QED) is 0.870. The number of ether oxygens (including phenoxy) is 1. The monoisotopic (exact) mass is 264 g/mol. The molecular weight excluding hydrogens is 244 g/mol. The van der Waals surface area contributed by atoms with E-state index in [1.165, 1.54) is 9.71 Å². The van der Waals surface area contributed by atoms with Crippen LogP contribution in [0.3, 0.4) is 0 Å². The van der Waals surface area contributed by atoms with Crippen LogP contribution in [0, 0.1) is 0 Å². The maximum absolute atomic E-state index is 5.84. The molecule has 0 aliphatic rings. The van der Waals surface area contributed by atoms with Crippen molar-refractivity contribution < 1.29 is 4.74 Å². The fourth-order valence-corrected chi connectivity index (χ4v) is 2.78. The molecule has 0 saturated heterocycles.